The van der Waals surface area contributed by atoms with Crippen molar-refractivity contribution >= 4 is 29.0 Å². The zero-order valence-electron chi connectivity index (χ0n) is 21.6. The van der Waals surface area contributed by atoms with Gasteiger partial charge in [-0.3, -0.25) is 9.48 Å². The van der Waals surface area contributed by atoms with Crippen LogP contribution in [-0.4, -0.2) is 51.8 Å². The van der Waals surface area contributed by atoms with E-state index >= 15 is 0 Å². The average molecular weight is 536 g/mol. The second-order valence-electron chi connectivity index (χ2n) is 9.86. The number of Topliss-reactive ketones (excluding diaryl/α,β-unsaturated/α-hetero) is 1. The van der Waals surface area contributed by atoms with Crippen molar-refractivity contribution in [1.29, 1.82) is 0 Å². The Kier molecular flexibility index (Phi) is 7.64. The minimum absolute atomic E-state index is 0.195. The highest BCUT2D eigenvalue weighted by molar-refractivity contribution is 6.32. The zero-order chi connectivity index (χ0) is 26.6. The van der Waals surface area contributed by atoms with Crippen LogP contribution in [0.25, 0.3) is 11.1 Å². The molecule has 12 heteroatoms. The van der Waals surface area contributed by atoms with Crippen molar-refractivity contribution in [3.8, 4) is 16.9 Å². The number of rotatable bonds is 9. The Morgan fingerprint density at radius 1 is 1.13 bits per heavy atom. The normalized spacial score (nSPS) is 15.1. The molecule has 1 aromatic carbocycles. The van der Waals surface area contributed by atoms with Crippen LogP contribution in [0.4, 0.5) is 11.6 Å². The van der Waals surface area contributed by atoms with Gasteiger partial charge >= 0.3 is 0 Å². The van der Waals surface area contributed by atoms with Crippen LogP contribution in [0.2, 0.25) is 5.02 Å². The van der Waals surface area contributed by atoms with Crippen LogP contribution in [0, 0.1) is 0 Å². The number of hydrogen-bond donors (Lipinski definition) is 1. The lowest BCUT2D eigenvalue weighted by Gasteiger charge is -2.21. The molecular formula is C26H30ClN9O2. The first-order valence-corrected chi connectivity index (χ1v) is 13.1. The number of carbonyl (C=O) groups is 1. The number of benzene rings is 1. The van der Waals surface area contributed by atoms with Crippen LogP contribution >= 0.6 is 11.6 Å². The maximum atomic E-state index is 11.7. The van der Waals surface area contributed by atoms with Crippen LogP contribution in [0.5, 0.6) is 5.75 Å². The summed E-state index contributed by atoms with van der Waals surface area (Å²) in [5.41, 5.74) is 3.54. The van der Waals surface area contributed by atoms with E-state index in [0.717, 1.165) is 35.3 Å². The fraction of sp³-hybridized carbons (Fsp3) is 0.423. The van der Waals surface area contributed by atoms with Gasteiger partial charge in [-0.25, -0.2) is 14.6 Å². The van der Waals surface area contributed by atoms with Crippen LogP contribution in [0.3, 0.4) is 0 Å². The molecule has 38 heavy (non-hydrogen) atoms. The third kappa shape index (κ3) is 5.99. The SMILES string of the molecule is CC(Cn1cnnn1)Oc1cc(-c2cnc(Nc3cn(C4CCC(=O)CC4)nc3C(C)C)nc2)ccc1Cl. The Labute approximate surface area is 225 Å². The Bertz CT molecular complexity index is 1380. The Balaban J connectivity index is 1.29. The zero-order valence-corrected chi connectivity index (χ0v) is 22.3. The molecule has 1 aliphatic rings. The quantitative estimate of drug-likeness (QED) is 0.315. The molecule has 0 aliphatic heterocycles. The third-order valence-electron chi connectivity index (χ3n) is 6.52. The van der Waals surface area contributed by atoms with Crippen molar-refractivity contribution in [2.75, 3.05) is 5.32 Å². The van der Waals surface area contributed by atoms with Gasteiger partial charge in [0.15, 0.2) is 0 Å². The summed E-state index contributed by atoms with van der Waals surface area (Å²) in [6.07, 6.45) is 9.76. The van der Waals surface area contributed by atoms with Crippen molar-refractivity contribution in [2.45, 2.75) is 71.1 Å². The third-order valence-corrected chi connectivity index (χ3v) is 6.83. The number of hydrogen-bond acceptors (Lipinski definition) is 9. The minimum Gasteiger partial charge on any atom is -0.487 e. The molecule has 3 aromatic heterocycles. The second kappa shape index (κ2) is 11.3. The molecule has 1 aliphatic carbocycles. The molecular weight excluding hydrogens is 506 g/mol. The molecule has 11 nitrogen and oxygen atoms in total. The monoisotopic (exact) mass is 535 g/mol. The molecule has 1 saturated carbocycles. The van der Waals surface area contributed by atoms with E-state index in [0.29, 0.717) is 41.9 Å². The number of tetrazole rings is 1. The summed E-state index contributed by atoms with van der Waals surface area (Å²) in [5.74, 6) is 1.60. The van der Waals surface area contributed by atoms with Gasteiger partial charge in [-0.1, -0.05) is 31.5 Å². The smallest absolute Gasteiger partial charge is 0.227 e. The first-order chi connectivity index (χ1) is 18.4. The highest BCUT2D eigenvalue weighted by atomic mass is 35.5. The summed E-state index contributed by atoms with van der Waals surface area (Å²) in [5, 5.41) is 19.8. The lowest BCUT2D eigenvalue weighted by Crippen LogP contribution is -2.20. The number of carbonyl (C=O) groups excluding carboxylic acids is 1. The molecule has 5 rings (SSSR count). The summed E-state index contributed by atoms with van der Waals surface area (Å²) in [6.45, 7) is 6.63. The number of ketones is 1. The summed E-state index contributed by atoms with van der Waals surface area (Å²) in [6, 6.07) is 5.81. The van der Waals surface area contributed by atoms with Gasteiger partial charge in [0.05, 0.1) is 29.0 Å². The minimum atomic E-state index is -0.195. The van der Waals surface area contributed by atoms with Crippen LogP contribution in [0.15, 0.2) is 43.1 Å². The molecule has 1 atom stereocenters. The summed E-state index contributed by atoms with van der Waals surface area (Å²) in [7, 11) is 0. The van der Waals surface area contributed by atoms with Crippen molar-refractivity contribution in [2.24, 2.45) is 0 Å². The average Bonchev–Trinajstić information content (AvgIpc) is 3.56. The maximum absolute atomic E-state index is 11.7. The molecule has 1 N–H and O–H groups in total. The van der Waals surface area contributed by atoms with Gasteiger partial charge in [-0.05, 0) is 53.8 Å². The summed E-state index contributed by atoms with van der Waals surface area (Å²) >= 11 is 6.39. The van der Waals surface area contributed by atoms with Crippen LogP contribution in [-0.2, 0) is 11.3 Å². The lowest BCUT2D eigenvalue weighted by molar-refractivity contribution is -0.120. The topological polar surface area (TPSA) is 126 Å². The van der Waals surface area contributed by atoms with E-state index in [1.165, 1.54) is 6.33 Å². The molecule has 4 aromatic rings. The van der Waals surface area contributed by atoms with Crippen molar-refractivity contribution < 1.29 is 9.53 Å². The van der Waals surface area contributed by atoms with E-state index < -0.39 is 0 Å². The molecule has 1 fully saturated rings. The number of ether oxygens (including phenoxy) is 1. The van der Waals surface area contributed by atoms with E-state index in [9.17, 15) is 4.79 Å². The predicted molar refractivity (Wildman–Crippen MR) is 142 cm³/mol. The van der Waals surface area contributed by atoms with E-state index in [-0.39, 0.29) is 18.1 Å². The number of nitrogens with zero attached hydrogens (tertiary/aromatic N) is 8. The number of halogens is 1. The Hall–Kier alpha value is -3.86. The highest BCUT2D eigenvalue weighted by Gasteiger charge is 2.23. The molecule has 0 spiro atoms. The van der Waals surface area contributed by atoms with Gasteiger partial charge in [0.2, 0.25) is 5.95 Å². The molecule has 0 radical (unpaired) electrons. The molecule has 0 saturated heterocycles. The Morgan fingerprint density at radius 2 is 1.89 bits per heavy atom. The maximum Gasteiger partial charge on any atom is 0.227 e. The van der Waals surface area contributed by atoms with Crippen LogP contribution in [0.1, 0.15) is 64.1 Å². The van der Waals surface area contributed by atoms with Gasteiger partial charge in [0.1, 0.15) is 24.0 Å². The highest BCUT2D eigenvalue weighted by Crippen LogP contribution is 2.33. The van der Waals surface area contributed by atoms with Crippen molar-refractivity contribution in [1.82, 2.24) is 40.0 Å². The van der Waals surface area contributed by atoms with Crippen molar-refractivity contribution in [3.05, 3.63) is 53.8 Å². The van der Waals surface area contributed by atoms with Gasteiger partial charge in [-0.15, -0.1) is 5.10 Å². The standard InChI is InChI=1S/C26H30ClN9O2/c1-16(2)25-23(14-36(32-25)20-5-7-21(37)8-6-20)31-26-28-11-19(12-29-26)18-4-9-22(27)24(10-18)38-17(3)13-35-15-30-33-34-35/h4,9-12,14-17,20H,5-8,13H2,1-3H3,(H,28,29,31). The summed E-state index contributed by atoms with van der Waals surface area (Å²) < 4.78 is 9.65. The second-order valence-corrected chi connectivity index (χ2v) is 10.3. The number of anilines is 2. The van der Waals surface area contributed by atoms with Gasteiger partial charge in [-0.2, -0.15) is 5.10 Å². The fourth-order valence-electron chi connectivity index (χ4n) is 4.52. The Morgan fingerprint density at radius 3 is 2.58 bits per heavy atom. The first-order valence-electron chi connectivity index (χ1n) is 12.7. The lowest BCUT2D eigenvalue weighted by atomic mass is 9.95. The van der Waals surface area contributed by atoms with E-state index in [1.54, 1.807) is 23.1 Å². The van der Waals surface area contributed by atoms with Gasteiger partial charge in [0, 0.05) is 37.0 Å². The van der Waals surface area contributed by atoms with Crippen molar-refractivity contribution in [3.63, 3.8) is 0 Å². The van der Waals surface area contributed by atoms with Gasteiger partial charge < -0.3 is 10.1 Å². The summed E-state index contributed by atoms with van der Waals surface area (Å²) in [4.78, 5) is 20.7. The van der Waals surface area contributed by atoms with E-state index in [2.05, 4.69) is 44.7 Å². The molecule has 198 valence electrons. The van der Waals surface area contributed by atoms with E-state index in [1.807, 2.05) is 29.9 Å². The van der Waals surface area contributed by atoms with E-state index in [4.69, 9.17) is 21.4 Å². The van der Waals surface area contributed by atoms with Gasteiger partial charge in [0.25, 0.3) is 0 Å². The predicted octanol–water partition coefficient (Wildman–Crippen LogP) is 5.00. The van der Waals surface area contributed by atoms with Crippen LogP contribution < -0.4 is 10.1 Å². The number of aromatic nitrogens is 8. The molecule has 0 bridgehead atoms. The molecule has 0 amide bonds. The largest absolute Gasteiger partial charge is 0.487 e. The fourth-order valence-corrected chi connectivity index (χ4v) is 4.68. The molecule has 3 heterocycles. The molecule has 1 unspecified atom stereocenters. The first kappa shape index (κ1) is 25.8. The number of nitrogens with one attached hydrogen (secondary N) is 1.